The molecule has 0 aliphatic carbocycles. The number of carbonyl (C=O) groups is 1. The van der Waals surface area contributed by atoms with E-state index in [1.807, 2.05) is 6.07 Å². The molecule has 4 N–H and O–H groups in total. The number of hydrogen-bond acceptors (Lipinski definition) is 3. The molecule has 2 aromatic rings. The SMILES string of the molecule is C=C(C)C(=O)Nc1cc(O)c2c(N)cccc2c1. The molecule has 1 amide bonds. The molecule has 2 rings (SSSR count). The molecule has 0 aromatic heterocycles. The van der Waals surface area contributed by atoms with Crippen molar-refractivity contribution in [2.45, 2.75) is 6.92 Å². The minimum Gasteiger partial charge on any atom is -0.507 e. The molecule has 0 fully saturated rings. The van der Waals surface area contributed by atoms with Crippen molar-refractivity contribution in [2.24, 2.45) is 0 Å². The number of rotatable bonds is 2. The maximum Gasteiger partial charge on any atom is 0.250 e. The maximum atomic E-state index is 11.5. The van der Waals surface area contributed by atoms with Crippen LogP contribution in [-0.2, 0) is 4.79 Å². The Hall–Kier alpha value is -2.49. The predicted octanol–water partition coefficient (Wildman–Crippen LogP) is 2.64. The molecule has 18 heavy (non-hydrogen) atoms. The molecule has 0 aliphatic heterocycles. The van der Waals surface area contributed by atoms with Gasteiger partial charge in [0, 0.05) is 28.4 Å². The van der Waals surface area contributed by atoms with Crippen molar-refractivity contribution in [3.8, 4) is 5.75 Å². The Morgan fingerprint density at radius 2 is 2.11 bits per heavy atom. The zero-order valence-electron chi connectivity index (χ0n) is 10.0. The number of hydrogen-bond donors (Lipinski definition) is 3. The van der Waals surface area contributed by atoms with E-state index in [9.17, 15) is 9.90 Å². The fourth-order valence-corrected chi connectivity index (χ4v) is 1.74. The molecular weight excluding hydrogens is 228 g/mol. The molecular formula is C14H14N2O2. The smallest absolute Gasteiger partial charge is 0.250 e. The van der Waals surface area contributed by atoms with Gasteiger partial charge in [0.1, 0.15) is 5.75 Å². The van der Waals surface area contributed by atoms with E-state index in [1.165, 1.54) is 6.07 Å². The van der Waals surface area contributed by atoms with Gasteiger partial charge in [0.25, 0.3) is 5.91 Å². The van der Waals surface area contributed by atoms with Crippen molar-refractivity contribution in [1.29, 1.82) is 0 Å². The molecule has 4 nitrogen and oxygen atoms in total. The Morgan fingerprint density at radius 3 is 2.78 bits per heavy atom. The van der Waals surface area contributed by atoms with Crippen LogP contribution < -0.4 is 11.1 Å². The Kier molecular flexibility index (Phi) is 2.93. The summed E-state index contributed by atoms with van der Waals surface area (Å²) in [5, 5.41) is 13.9. The van der Waals surface area contributed by atoms with Gasteiger partial charge in [-0.15, -0.1) is 0 Å². The van der Waals surface area contributed by atoms with Gasteiger partial charge in [-0.2, -0.15) is 0 Å². The Balaban J connectivity index is 2.50. The molecule has 0 bridgehead atoms. The van der Waals surface area contributed by atoms with Gasteiger partial charge in [-0.05, 0) is 24.4 Å². The van der Waals surface area contributed by atoms with Gasteiger partial charge in [-0.3, -0.25) is 4.79 Å². The summed E-state index contributed by atoms with van der Waals surface area (Å²) in [4.78, 5) is 11.5. The number of anilines is 2. The van der Waals surface area contributed by atoms with Crippen LogP contribution in [0, 0.1) is 0 Å². The number of phenolic OH excluding ortho intramolecular Hbond substituents is 1. The quantitative estimate of drug-likeness (QED) is 0.559. The number of carbonyl (C=O) groups excluding carboxylic acids is 1. The molecule has 0 saturated heterocycles. The van der Waals surface area contributed by atoms with Crippen LogP contribution in [0.15, 0.2) is 42.5 Å². The molecule has 0 aliphatic rings. The van der Waals surface area contributed by atoms with Gasteiger partial charge in [-0.1, -0.05) is 18.7 Å². The highest BCUT2D eigenvalue weighted by Crippen LogP contribution is 2.33. The van der Waals surface area contributed by atoms with E-state index in [4.69, 9.17) is 5.73 Å². The third kappa shape index (κ3) is 2.13. The Labute approximate surface area is 105 Å². The average molecular weight is 242 g/mol. The summed E-state index contributed by atoms with van der Waals surface area (Å²) < 4.78 is 0. The van der Waals surface area contributed by atoms with Crippen LogP contribution in [0.3, 0.4) is 0 Å². The van der Waals surface area contributed by atoms with Crippen LogP contribution in [0.5, 0.6) is 5.75 Å². The molecule has 92 valence electrons. The summed E-state index contributed by atoms with van der Waals surface area (Å²) >= 11 is 0. The number of benzene rings is 2. The third-order valence-electron chi connectivity index (χ3n) is 2.63. The first kappa shape index (κ1) is 12.0. The third-order valence-corrected chi connectivity index (χ3v) is 2.63. The van der Waals surface area contributed by atoms with Crippen LogP contribution >= 0.6 is 0 Å². The van der Waals surface area contributed by atoms with Gasteiger partial charge in [-0.25, -0.2) is 0 Å². The highest BCUT2D eigenvalue weighted by molar-refractivity contribution is 6.06. The van der Waals surface area contributed by atoms with Crippen molar-refractivity contribution >= 4 is 28.1 Å². The van der Waals surface area contributed by atoms with E-state index in [-0.39, 0.29) is 11.7 Å². The molecule has 2 aromatic carbocycles. The number of nitrogens with two attached hydrogens (primary N) is 1. The van der Waals surface area contributed by atoms with Crippen molar-refractivity contribution in [3.63, 3.8) is 0 Å². The van der Waals surface area contributed by atoms with Crippen LogP contribution in [-0.4, -0.2) is 11.0 Å². The molecule has 0 saturated carbocycles. The maximum absolute atomic E-state index is 11.5. The topological polar surface area (TPSA) is 75.3 Å². The second-order valence-corrected chi connectivity index (χ2v) is 4.18. The lowest BCUT2D eigenvalue weighted by molar-refractivity contribution is -0.112. The minimum absolute atomic E-state index is 0.0441. The summed E-state index contributed by atoms with van der Waals surface area (Å²) in [6.07, 6.45) is 0. The summed E-state index contributed by atoms with van der Waals surface area (Å²) in [5.74, 6) is -0.236. The number of nitrogens with one attached hydrogen (secondary N) is 1. The van der Waals surface area contributed by atoms with Gasteiger partial charge in [0.15, 0.2) is 0 Å². The molecule has 0 radical (unpaired) electrons. The highest BCUT2D eigenvalue weighted by Gasteiger charge is 2.08. The average Bonchev–Trinajstić information content (AvgIpc) is 2.28. The minimum atomic E-state index is -0.280. The highest BCUT2D eigenvalue weighted by atomic mass is 16.3. The lowest BCUT2D eigenvalue weighted by Gasteiger charge is -2.09. The van der Waals surface area contributed by atoms with E-state index < -0.39 is 0 Å². The largest absolute Gasteiger partial charge is 0.507 e. The van der Waals surface area contributed by atoms with E-state index >= 15 is 0 Å². The number of phenols is 1. The zero-order valence-corrected chi connectivity index (χ0v) is 10.0. The van der Waals surface area contributed by atoms with Crippen molar-refractivity contribution in [1.82, 2.24) is 0 Å². The van der Waals surface area contributed by atoms with E-state index in [0.717, 1.165) is 5.39 Å². The Bertz CT molecular complexity index is 648. The summed E-state index contributed by atoms with van der Waals surface area (Å²) in [6.45, 7) is 5.17. The van der Waals surface area contributed by atoms with Gasteiger partial charge in [0.2, 0.25) is 0 Å². The monoisotopic (exact) mass is 242 g/mol. The van der Waals surface area contributed by atoms with Gasteiger partial charge < -0.3 is 16.2 Å². The fourth-order valence-electron chi connectivity index (χ4n) is 1.74. The summed E-state index contributed by atoms with van der Waals surface area (Å²) in [6, 6.07) is 8.56. The van der Waals surface area contributed by atoms with Crippen molar-refractivity contribution in [3.05, 3.63) is 42.5 Å². The van der Waals surface area contributed by atoms with Crippen LogP contribution in [0.1, 0.15) is 6.92 Å². The van der Waals surface area contributed by atoms with E-state index in [0.29, 0.717) is 22.3 Å². The van der Waals surface area contributed by atoms with E-state index in [2.05, 4.69) is 11.9 Å². The number of aromatic hydroxyl groups is 1. The molecule has 0 spiro atoms. The number of amides is 1. The van der Waals surface area contributed by atoms with E-state index in [1.54, 1.807) is 25.1 Å². The van der Waals surface area contributed by atoms with Gasteiger partial charge in [0.05, 0.1) is 0 Å². The number of nitrogen functional groups attached to an aromatic ring is 1. The summed E-state index contributed by atoms with van der Waals surface area (Å²) in [7, 11) is 0. The van der Waals surface area contributed by atoms with Crippen LogP contribution in [0.2, 0.25) is 0 Å². The first-order chi connectivity index (χ1) is 8.49. The second-order valence-electron chi connectivity index (χ2n) is 4.18. The van der Waals surface area contributed by atoms with Gasteiger partial charge >= 0.3 is 0 Å². The zero-order chi connectivity index (χ0) is 13.3. The predicted molar refractivity (Wildman–Crippen MR) is 73.5 cm³/mol. The second kappa shape index (κ2) is 4.41. The standard InChI is InChI=1S/C14H14N2O2/c1-8(2)14(18)16-10-6-9-4-3-5-11(15)13(9)12(17)7-10/h3-7,17H,1,15H2,2H3,(H,16,18). The molecule has 4 heteroatoms. The molecule has 0 unspecified atom stereocenters. The van der Waals surface area contributed by atoms with Crippen molar-refractivity contribution in [2.75, 3.05) is 11.1 Å². The lowest BCUT2D eigenvalue weighted by Crippen LogP contribution is -2.11. The summed E-state index contributed by atoms with van der Waals surface area (Å²) in [5.41, 5.74) is 7.22. The number of fused-ring (bicyclic) bond motifs is 1. The Morgan fingerprint density at radius 1 is 1.39 bits per heavy atom. The first-order valence-electron chi connectivity index (χ1n) is 5.47. The fraction of sp³-hybridized carbons (Fsp3) is 0.0714. The van der Waals surface area contributed by atoms with Crippen LogP contribution in [0.4, 0.5) is 11.4 Å². The normalized spacial score (nSPS) is 10.3. The molecule has 0 atom stereocenters. The molecule has 0 heterocycles. The van der Waals surface area contributed by atoms with Crippen molar-refractivity contribution < 1.29 is 9.90 Å². The first-order valence-corrected chi connectivity index (χ1v) is 5.47. The van der Waals surface area contributed by atoms with Crippen LogP contribution in [0.25, 0.3) is 10.8 Å². The lowest BCUT2D eigenvalue weighted by atomic mass is 10.1.